The van der Waals surface area contributed by atoms with Gasteiger partial charge in [-0.1, -0.05) is 0 Å². The molecule has 0 saturated heterocycles. The maximum absolute atomic E-state index is 12.8. The topological polar surface area (TPSA) is 89.5 Å². The van der Waals surface area contributed by atoms with Gasteiger partial charge in [0.15, 0.2) is 11.5 Å². The minimum Gasteiger partial charge on any atom is -0.493 e. The van der Waals surface area contributed by atoms with E-state index in [0.29, 0.717) is 35.0 Å². The van der Waals surface area contributed by atoms with E-state index in [-0.39, 0.29) is 29.8 Å². The van der Waals surface area contributed by atoms with Gasteiger partial charge in [-0.05, 0) is 18.6 Å². The van der Waals surface area contributed by atoms with E-state index in [0.717, 1.165) is 5.56 Å². The van der Waals surface area contributed by atoms with E-state index in [2.05, 4.69) is 0 Å². The van der Waals surface area contributed by atoms with E-state index >= 15 is 0 Å². The second-order valence-corrected chi connectivity index (χ2v) is 6.21. The van der Waals surface area contributed by atoms with Gasteiger partial charge in [-0.3, -0.25) is 9.59 Å². The van der Waals surface area contributed by atoms with E-state index in [4.69, 9.17) is 28.4 Å². The number of Topliss-reactive ketones (excluding diaryl/α,β-unsaturated/α-hetero) is 1. The molecule has 0 amide bonds. The van der Waals surface area contributed by atoms with Gasteiger partial charge < -0.3 is 28.4 Å². The highest BCUT2D eigenvalue weighted by Gasteiger charge is 2.37. The van der Waals surface area contributed by atoms with Gasteiger partial charge in [0.1, 0.15) is 0 Å². The first-order valence-corrected chi connectivity index (χ1v) is 8.58. The van der Waals surface area contributed by atoms with Crippen molar-refractivity contribution in [3.63, 3.8) is 0 Å². The summed E-state index contributed by atoms with van der Waals surface area (Å²) in [5.74, 6) is 0.549. The largest absolute Gasteiger partial charge is 0.493 e. The van der Waals surface area contributed by atoms with Crippen LogP contribution in [0.5, 0.6) is 23.0 Å². The number of ether oxygens (including phenoxy) is 6. The van der Waals surface area contributed by atoms with Crippen LogP contribution in [0.4, 0.5) is 0 Å². The quantitative estimate of drug-likeness (QED) is 0.680. The van der Waals surface area contributed by atoms with E-state index in [1.54, 1.807) is 6.07 Å². The van der Waals surface area contributed by atoms with Crippen LogP contribution in [-0.2, 0) is 25.5 Å². The van der Waals surface area contributed by atoms with Crippen molar-refractivity contribution >= 4 is 11.6 Å². The summed E-state index contributed by atoms with van der Waals surface area (Å²) >= 11 is 0. The minimum absolute atomic E-state index is 0.0959. The summed E-state index contributed by atoms with van der Waals surface area (Å²) in [5, 5.41) is 0. The summed E-state index contributed by atoms with van der Waals surface area (Å²) < 4.78 is 32.3. The Balaban J connectivity index is 1.98. The first kappa shape index (κ1) is 19.6. The molecule has 1 aromatic rings. The second kappa shape index (κ2) is 7.84. The summed E-state index contributed by atoms with van der Waals surface area (Å²) in [6.45, 7) is 0.197. The van der Waals surface area contributed by atoms with Gasteiger partial charge in [0.25, 0.3) is 0 Å². The summed E-state index contributed by atoms with van der Waals surface area (Å²) in [4.78, 5) is 25.2. The van der Waals surface area contributed by atoms with Gasteiger partial charge in [0.05, 0.1) is 42.2 Å². The molecule has 0 spiro atoms. The summed E-state index contributed by atoms with van der Waals surface area (Å²) in [5.41, 5.74) is 1.11. The predicted molar refractivity (Wildman–Crippen MR) is 97.9 cm³/mol. The third-order valence-electron chi connectivity index (χ3n) is 4.79. The maximum Gasteiger partial charge on any atom is 0.228 e. The van der Waals surface area contributed by atoms with E-state index in [1.807, 2.05) is 0 Å². The van der Waals surface area contributed by atoms with Crippen LogP contribution >= 0.6 is 0 Å². The van der Waals surface area contributed by atoms with E-state index in [9.17, 15) is 9.59 Å². The number of benzene rings is 1. The fourth-order valence-electron chi connectivity index (χ4n) is 3.50. The molecule has 0 aromatic heterocycles. The highest BCUT2D eigenvalue weighted by atomic mass is 16.5. The monoisotopic (exact) mass is 390 g/mol. The molecule has 0 unspecified atom stereocenters. The lowest BCUT2D eigenvalue weighted by atomic mass is 9.84. The molecule has 28 heavy (non-hydrogen) atoms. The van der Waals surface area contributed by atoms with Gasteiger partial charge in [-0.2, -0.15) is 0 Å². The third kappa shape index (κ3) is 3.04. The van der Waals surface area contributed by atoms with Crippen molar-refractivity contribution in [1.29, 1.82) is 0 Å². The van der Waals surface area contributed by atoms with Crippen molar-refractivity contribution in [2.75, 3.05) is 42.2 Å². The van der Waals surface area contributed by atoms with Crippen molar-refractivity contribution in [2.24, 2.45) is 5.92 Å². The molecule has 1 aliphatic carbocycles. The van der Waals surface area contributed by atoms with Crippen molar-refractivity contribution in [2.45, 2.75) is 6.42 Å². The van der Waals surface area contributed by atoms with Crippen molar-refractivity contribution in [3.8, 4) is 23.0 Å². The fraction of sp³-hybridized carbons (Fsp3) is 0.400. The molecule has 2 aliphatic rings. The standard InChI is InChI=1S/C20H22O8/c1-23-14-7-10-6-11(9-28-16(10)20(27-5)18(14)25-3)12-8-13(21)17(24-2)19(26-4)15(12)22/h7-8,11H,6,9H2,1-5H3/t11-/m0/s1. The number of hydrogen-bond donors (Lipinski definition) is 0. The number of rotatable bonds is 6. The molecule has 0 saturated carbocycles. The molecule has 0 N–H and O–H groups in total. The lowest BCUT2D eigenvalue weighted by Gasteiger charge is -2.30. The molecule has 8 heteroatoms. The molecular formula is C20H22O8. The number of ketones is 2. The molecule has 1 atom stereocenters. The molecule has 0 bridgehead atoms. The third-order valence-corrected chi connectivity index (χ3v) is 4.79. The van der Waals surface area contributed by atoms with Crippen LogP contribution in [0, 0.1) is 5.92 Å². The summed E-state index contributed by atoms with van der Waals surface area (Å²) in [7, 11) is 7.21. The number of carbonyl (C=O) groups excluding carboxylic acids is 2. The SMILES string of the molecule is COC1=C(OC)C(=O)C([C@@H]2COc3c(cc(OC)c(OC)c3OC)C2)=CC1=O. The number of carbonyl (C=O) groups is 2. The first-order valence-electron chi connectivity index (χ1n) is 8.58. The lowest BCUT2D eigenvalue weighted by molar-refractivity contribution is -0.121. The second-order valence-electron chi connectivity index (χ2n) is 6.21. The molecule has 8 nitrogen and oxygen atoms in total. The molecule has 1 aliphatic heterocycles. The van der Waals surface area contributed by atoms with E-state index in [1.165, 1.54) is 41.6 Å². The van der Waals surface area contributed by atoms with Gasteiger partial charge >= 0.3 is 0 Å². The fourth-order valence-corrected chi connectivity index (χ4v) is 3.50. The number of allylic oxidation sites excluding steroid dienone is 2. The highest BCUT2D eigenvalue weighted by molar-refractivity contribution is 6.21. The Labute approximate surface area is 162 Å². The van der Waals surface area contributed by atoms with Crippen LogP contribution < -0.4 is 18.9 Å². The molecule has 1 heterocycles. The minimum atomic E-state index is -0.412. The number of fused-ring (bicyclic) bond motifs is 1. The Kier molecular flexibility index (Phi) is 5.48. The van der Waals surface area contributed by atoms with Gasteiger partial charge in [0, 0.05) is 17.1 Å². The Morgan fingerprint density at radius 2 is 1.57 bits per heavy atom. The molecule has 150 valence electrons. The van der Waals surface area contributed by atoms with Crippen LogP contribution in [0.25, 0.3) is 0 Å². The first-order chi connectivity index (χ1) is 13.5. The predicted octanol–water partition coefficient (Wildman–Crippen LogP) is 1.85. The van der Waals surface area contributed by atoms with Crippen molar-refractivity contribution in [3.05, 3.63) is 34.8 Å². The zero-order chi connectivity index (χ0) is 20.4. The average Bonchev–Trinajstić information content (AvgIpc) is 2.72. The highest BCUT2D eigenvalue weighted by Crippen LogP contribution is 2.49. The Bertz CT molecular complexity index is 881. The van der Waals surface area contributed by atoms with E-state index < -0.39 is 5.78 Å². The lowest BCUT2D eigenvalue weighted by Crippen LogP contribution is -2.31. The number of hydrogen-bond acceptors (Lipinski definition) is 8. The Hall–Kier alpha value is -3.16. The zero-order valence-electron chi connectivity index (χ0n) is 16.4. The van der Waals surface area contributed by atoms with Gasteiger partial charge in [-0.25, -0.2) is 0 Å². The van der Waals surface area contributed by atoms with Crippen LogP contribution in [0.15, 0.2) is 29.2 Å². The maximum atomic E-state index is 12.8. The summed E-state index contributed by atoms with van der Waals surface area (Å²) in [6.07, 6.45) is 1.75. The van der Waals surface area contributed by atoms with Crippen molar-refractivity contribution < 1.29 is 38.0 Å². The zero-order valence-corrected chi connectivity index (χ0v) is 16.4. The van der Waals surface area contributed by atoms with Gasteiger partial charge in [0.2, 0.25) is 34.6 Å². The van der Waals surface area contributed by atoms with Gasteiger partial charge in [-0.15, -0.1) is 0 Å². The van der Waals surface area contributed by atoms with Crippen LogP contribution in [-0.4, -0.2) is 53.7 Å². The van der Waals surface area contributed by atoms with Crippen LogP contribution in [0.3, 0.4) is 0 Å². The molecular weight excluding hydrogens is 368 g/mol. The Morgan fingerprint density at radius 1 is 0.893 bits per heavy atom. The average molecular weight is 390 g/mol. The van der Waals surface area contributed by atoms with Crippen molar-refractivity contribution in [1.82, 2.24) is 0 Å². The molecule has 1 aromatic carbocycles. The van der Waals surface area contributed by atoms with Crippen LogP contribution in [0.1, 0.15) is 5.56 Å². The number of methoxy groups -OCH3 is 5. The normalized spacial score (nSPS) is 18.8. The molecule has 0 radical (unpaired) electrons. The smallest absolute Gasteiger partial charge is 0.228 e. The Morgan fingerprint density at radius 3 is 2.14 bits per heavy atom. The van der Waals surface area contributed by atoms with Crippen LogP contribution in [0.2, 0.25) is 0 Å². The molecule has 0 fully saturated rings. The molecule has 3 rings (SSSR count). The summed E-state index contributed by atoms with van der Waals surface area (Å²) in [6, 6.07) is 1.78.